The van der Waals surface area contributed by atoms with Gasteiger partial charge >= 0.3 is 0 Å². The third-order valence-electron chi connectivity index (χ3n) is 2.96. The first-order valence-electron chi connectivity index (χ1n) is 6.52. The van der Waals surface area contributed by atoms with Crippen molar-refractivity contribution in [3.05, 3.63) is 24.5 Å². The first-order chi connectivity index (χ1) is 10.0. The summed E-state index contributed by atoms with van der Waals surface area (Å²) >= 11 is 0. The van der Waals surface area contributed by atoms with Crippen molar-refractivity contribution in [3.63, 3.8) is 0 Å². The van der Waals surface area contributed by atoms with Gasteiger partial charge in [-0.2, -0.15) is 5.10 Å². The van der Waals surface area contributed by atoms with Crippen molar-refractivity contribution in [2.24, 2.45) is 7.05 Å². The zero-order valence-corrected chi connectivity index (χ0v) is 12.8. The molecule has 2 aromatic heterocycles. The first-order valence-corrected chi connectivity index (χ1v) is 8.01. The maximum atomic E-state index is 12.1. The van der Waals surface area contributed by atoms with Crippen LogP contribution in [0.2, 0.25) is 0 Å². The van der Waals surface area contributed by atoms with E-state index >= 15 is 0 Å². The fourth-order valence-corrected chi connectivity index (χ4v) is 2.67. The van der Waals surface area contributed by atoms with Crippen molar-refractivity contribution in [1.29, 1.82) is 0 Å². The second-order valence-electron chi connectivity index (χ2n) is 4.58. The summed E-state index contributed by atoms with van der Waals surface area (Å²) in [5.41, 5.74) is 0. The Morgan fingerprint density at radius 1 is 1.38 bits per heavy atom. The van der Waals surface area contributed by atoms with Gasteiger partial charge in [0.2, 0.25) is 10.0 Å². The van der Waals surface area contributed by atoms with Crippen molar-refractivity contribution >= 4 is 10.0 Å². The van der Waals surface area contributed by atoms with Gasteiger partial charge in [-0.25, -0.2) is 13.1 Å². The van der Waals surface area contributed by atoms with Gasteiger partial charge in [0.15, 0.2) is 0 Å². The fourth-order valence-electron chi connectivity index (χ4n) is 1.73. The number of nitrogens with one attached hydrogen (secondary N) is 2. The highest BCUT2D eigenvalue weighted by atomic mass is 32.2. The molecule has 9 nitrogen and oxygen atoms in total. The van der Waals surface area contributed by atoms with Crippen molar-refractivity contribution < 1.29 is 8.42 Å². The molecule has 0 fully saturated rings. The Balaban J connectivity index is 1.97. The first kappa shape index (κ1) is 15.6. The molecule has 2 rings (SSSR count). The van der Waals surface area contributed by atoms with Crippen LogP contribution in [0.5, 0.6) is 0 Å². The molecule has 0 atom stereocenters. The van der Waals surface area contributed by atoms with Gasteiger partial charge in [0.25, 0.3) is 0 Å². The molecule has 0 aliphatic carbocycles. The third kappa shape index (κ3) is 4.09. The topological polar surface area (TPSA) is 107 Å². The van der Waals surface area contributed by atoms with Crippen LogP contribution in [-0.4, -0.2) is 46.6 Å². The molecule has 0 radical (unpaired) electrons. The Morgan fingerprint density at radius 2 is 2.19 bits per heavy atom. The standard InChI is InChI=1S/C11H19N7O2S/c1-12-4-3-5-18-8-10(6-14-18)21(19,20)15-7-11-16-13-9-17(11)2/h6,8-9,12,15H,3-5,7H2,1-2H3. The van der Waals surface area contributed by atoms with Gasteiger partial charge in [-0.1, -0.05) is 0 Å². The van der Waals surface area contributed by atoms with Gasteiger partial charge in [0, 0.05) is 19.8 Å². The zero-order chi connectivity index (χ0) is 15.3. The van der Waals surface area contributed by atoms with E-state index in [0.29, 0.717) is 12.4 Å². The molecule has 0 aromatic carbocycles. The normalized spacial score (nSPS) is 11.9. The lowest BCUT2D eigenvalue weighted by Crippen LogP contribution is -2.24. The minimum atomic E-state index is -3.59. The molecule has 0 saturated heterocycles. The van der Waals surface area contributed by atoms with Crippen LogP contribution in [0.4, 0.5) is 0 Å². The maximum absolute atomic E-state index is 12.1. The second kappa shape index (κ2) is 6.78. The predicted octanol–water partition coefficient (Wildman–Crippen LogP) is -0.900. The zero-order valence-electron chi connectivity index (χ0n) is 12.0. The van der Waals surface area contributed by atoms with Crippen LogP contribution in [0.3, 0.4) is 0 Å². The average molecular weight is 313 g/mol. The van der Waals surface area contributed by atoms with Gasteiger partial charge in [0.05, 0.1) is 12.7 Å². The summed E-state index contributed by atoms with van der Waals surface area (Å²) in [6, 6.07) is 0. The predicted molar refractivity (Wildman–Crippen MR) is 75.8 cm³/mol. The second-order valence-corrected chi connectivity index (χ2v) is 6.35. The van der Waals surface area contributed by atoms with E-state index in [0.717, 1.165) is 13.0 Å². The molecule has 2 aromatic rings. The van der Waals surface area contributed by atoms with Crippen LogP contribution in [0.25, 0.3) is 0 Å². The van der Waals surface area contributed by atoms with Crippen molar-refractivity contribution in [1.82, 2.24) is 34.6 Å². The molecule has 0 aliphatic rings. The molecule has 0 spiro atoms. The van der Waals surface area contributed by atoms with Crippen LogP contribution < -0.4 is 10.0 Å². The molecular weight excluding hydrogens is 294 g/mol. The average Bonchev–Trinajstić information content (AvgIpc) is 3.06. The lowest BCUT2D eigenvalue weighted by atomic mass is 10.4. The van der Waals surface area contributed by atoms with E-state index in [4.69, 9.17) is 0 Å². The summed E-state index contributed by atoms with van der Waals surface area (Å²) in [6.45, 7) is 1.61. The minimum Gasteiger partial charge on any atom is -0.320 e. The van der Waals surface area contributed by atoms with Crippen LogP contribution in [0.1, 0.15) is 12.2 Å². The fraction of sp³-hybridized carbons (Fsp3) is 0.545. The molecule has 0 bridgehead atoms. The van der Waals surface area contributed by atoms with Crippen LogP contribution in [0.15, 0.2) is 23.6 Å². The molecule has 0 unspecified atom stereocenters. The number of aromatic nitrogens is 5. The number of hydrogen-bond donors (Lipinski definition) is 2. The van der Waals surface area contributed by atoms with E-state index in [2.05, 4.69) is 25.3 Å². The molecule has 2 N–H and O–H groups in total. The highest BCUT2D eigenvalue weighted by Gasteiger charge is 2.17. The summed E-state index contributed by atoms with van der Waals surface area (Å²) in [7, 11) is 0.0309. The largest absolute Gasteiger partial charge is 0.320 e. The SMILES string of the molecule is CNCCCn1cc(S(=O)(=O)NCc2nncn2C)cn1. The smallest absolute Gasteiger partial charge is 0.244 e. The van der Waals surface area contributed by atoms with E-state index in [1.807, 2.05) is 7.05 Å². The number of rotatable bonds is 8. The monoisotopic (exact) mass is 313 g/mol. The van der Waals surface area contributed by atoms with Gasteiger partial charge in [0.1, 0.15) is 17.0 Å². The number of nitrogens with zero attached hydrogens (tertiary/aromatic N) is 5. The summed E-state index contributed by atoms with van der Waals surface area (Å²) < 4.78 is 30.1. The van der Waals surface area contributed by atoms with Crippen molar-refractivity contribution in [2.45, 2.75) is 24.4 Å². The molecule has 2 heterocycles. The van der Waals surface area contributed by atoms with Crippen molar-refractivity contribution in [3.8, 4) is 0 Å². The van der Waals surface area contributed by atoms with Gasteiger partial charge in [-0.05, 0) is 20.0 Å². The Kier molecular flexibility index (Phi) is 5.04. The Morgan fingerprint density at radius 3 is 2.86 bits per heavy atom. The van der Waals surface area contributed by atoms with E-state index in [1.54, 1.807) is 16.3 Å². The number of aryl methyl sites for hydroxylation is 2. The third-order valence-corrected chi connectivity index (χ3v) is 4.32. The summed E-state index contributed by atoms with van der Waals surface area (Å²) in [4.78, 5) is 0.147. The highest BCUT2D eigenvalue weighted by molar-refractivity contribution is 7.89. The highest BCUT2D eigenvalue weighted by Crippen LogP contribution is 2.08. The lowest BCUT2D eigenvalue weighted by Gasteiger charge is -2.04. The van der Waals surface area contributed by atoms with Crippen molar-refractivity contribution in [2.75, 3.05) is 13.6 Å². The Hall–Kier alpha value is -1.78. The Bertz CT molecular complexity index is 676. The summed E-state index contributed by atoms with van der Waals surface area (Å²) in [6.07, 6.45) is 5.26. The molecule has 0 saturated carbocycles. The molecule has 0 amide bonds. The molecule has 21 heavy (non-hydrogen) atoms. The van der Waals surface area contributed by atoms with Gasteiger partial charge in [-0.3, -0.25) is 4.68 Å². The number of hydrogen-bond acceptors (Lipinski definition) is 6. The van der Waals surface area contributed by atoms with Crippen LogP contribution in [-0.2, 0) is 30.2 Å². The summed E-state index contributed by atoms with van der Waals surface area (Å²) in [5, 5.41) is 14.6. The van der Waals surface area contributed by atoms with E-state index < -0.39 is 10.0 Å². The lowest BCUT2D eigenvalue weighted by molar-refractivity contribution is 0.559. The number of sulfonamides is 1. The molecular formula is C11H19N7O2S. The quantitative estimate of drug-likeness (QED) is 0.612. The van der Waals surface area contributed by atoms with E-state index in [-0.39, 0.29) is 11.4 Å². The Labute approximate surface area is 123 Å². The van der Waals surface area contributed by atoms with Gasteiger partial charge in [-0.15, -0.1) is 10.2 Å². The maximum Gasteiger partial charge on any atom is 0.244 e. The molecule has 116 valence electrons. The van der Waals surface area contributed by atoms with E-state index in [9.17, 15) is 8.42 Å². The molecule has 0 aliphatic heterocycles. The van der Waals surface area contributed by atoms with E-state index in [1.165, 1.54) is 18.7 Å². The van der Waals surface area contributed by atoms with Gasteiger partial charge < -0.3 is 9.88 Å². The van der Waals surface area contributed by atoms with Crippen LogP contribution >= 0.6 is 0 Å². The van der Waals surface area contributed by atoms with Crippen LogP contribution in [0, 0.1) is 0 Å². The molecule has 10 heteroatoms. The summed E-state index contributed by atoms with van der Waals surface area (Å²) in [5.74, 6) is 0.542. The minimum absolute atomic E-state index is 0.0871.